The predicted octanol–water partition coefficient (Wildman–Crippen LogP) is 2.12. The molecule has 2 unspecified atom stereocenters. The summed E-state index contributed by atoms with van der Waals surface area (Å²) in [7, 11) is 0. The van der Waals surface area contributed by atoms with E-state index in [9.17, 15) is 0 Å². The Kier molecular flexibility index (Phi) is 1.38. The van der Waals surface area contributed by atoms with Crippen molar-refractivity contribution in [3.05, 3.63) is 0 Å². The van der Waals surface area contributed by atoms with Gasteiger partial charge in [-0.05, 0) is 24.5 Å². The Morgan fingerprint density at radius 3 is 2.33 bits per heavy atom. The zero-order valence-corrected chi connectivity index (χ0v) is 6.52. The number of nitrogens with zero attached hydrogens (tertiary/aromatic N) is 1. The molecule has 0 spiro atoms. The van der Waals surface area contributed by atoms with Crippen LogP contribution in [0.25, 0.3) is 0 Å². The number of hydrogen-bond donors (Lipinski definition) is 0. The standard InChI is InChI=1S/C8H15N/c1-6(2)8(3)5-7(8)9-4/h6-7H,4-5H2,1-3H3. The molecule has 0 aromatic rings. The summed E-state index contributed by atoms with van der Waals surface area (Å²) in [5.74, 6) is 0.757. The third kappa shape index (κ3) is 0.887. The summed E-state index contributed by atoms with van der Waals surface area (Å²) in [4.78, 5) is 4.02. The van der Waals surface area contributed by atoms with Gasteiger partial charge in [-0.1, -0.05) is 20.8 Å². The van der Waals surface area contributed by atoms with Crippen molar-refractivity contribution >= 4 is 6.72 Å². The Bertz CT molecular complexity index is 129. The molecule has 0 aromatic heterocycles. The molecule has 52 valence electrons. The normalized spacial score (nSPS) is 41.1. The second kappa shape index (κ2) is 1.83. The first-order valence-corrected chi connectivity index (χ1v) is 3.57. The number of hydrogen-bond acceptors (Lipinski definition) is 1. The Morgan fingerprint density at radius 1 is 1.67 bits per heavy atom. The molecule has 0 heterocycles. The van der Waals surface area contributed by atoms with Crippen molar-refractivity contribution in [1.29, 1.82) is 0 Å². The lowest BCUT2D eigenvalue weighted by Crippen LogP contribution is -2.08. The first-order chi connectivity index (χ1) is 4.11. The summed E-state index contributed by atoms with van der Waals surface area (Å²) in [6.45, 7) is 10.3. The molecule has 1 aliphatic carbocycles. The molecule has 0 bridgehead atoms. The molecule has 9 heavy (non-hydrogen) atoms. The molecule has 1 aliphatic rings. The molecule has 1 saturated carbocycles. The maximum absolute atomic E-state index is 4.02. The zero-order chi connectivity index (χ0) is 7.07. The van der Waals surface area contributed by atoms with Gasteiger partial charge in [0.05, 0.1) is 6.04 Å². The zero-order valence-electron chi connectivity index (χ0n) is 6.52. The largest absolute Gasteiger partial charge is 0.297 e. The highest BCUT2D eigenvalue weighted by Gasteiger charge is 2.51. The highest BCUT2D eigenvalue weighted by atomic mass is 14.9. The lowest BCUT2D eigenvalue weighted by Gasteiger charge is -2.12. The summed E-state index contributed by atoms with van der Waals surface area (Å²) < 4.78 is 0. The van der Waals surface area contributed by atoms with Crippen LogP contribution in [0, 0.1) is 11.3 Å². The van der Waals surface area contributed by atoms with Gasteiger partial charge >= 0.3 is 0 Å². The average Bonchev–Trinajstić information content (AvgIpc) is 2.44. The van der Waals surface area contributed by atoms with E-state index in [-0.39, 0.29) is 0 Å². The van der Waals surface area contributed by atoms with E-state index < -0.39 is 0 Å². The molecule has 0 aromatic carbocycles. The summed E-state index contributed by atoms with van der Waals surface area (Å²) in [5, 5.41) is 0. The van der Waals surface area contributed by atoms with Crippen LogP contribution >= 0.6 is 0 Å². The van der Waals surface area contributed by atoms with Gasteiger partial charge in [0.1, 0.15) is 0 Å². The minimum atomic E-state index is 0.488. The minimum Gasteiger partial charge on any atom is -0.297 e. The molecular weight excluding hydrogens is 110 g/mol. The minimum absolute atomic E-state index is 0.488. The van der Waals surface area contributed by atoms with Gasteiger partial charge in [0.2, 0.25) is 0 Å². The smallest absolute Gasteiger partial charge is 0.0555 e. The first kappa shape index (κ1) is 6.79. The molecule has 2 atom stereocenters. The Morgan fingerprint density at radius 2 is 2.22 bits per heavy atom. The van der Waals surface area contributed by atoms with Crippen LogP contribution in [-0.4, -0.2) is 12.8 Å². The first-order valence-electron chi connectivity index (χ1n) is 3.57. The van der Waals surface area contributed by atoms with E-state index in [0.29, 0.717) is 11.5 Å². The van der Waals surface area contributed by atoms with Crippen LogP contribution in [0.5, 0.6) is 0 Å². The quantitative estimate of drug-likeness (QED) is 0.501. The van der Waals surface area contributed by atoms with E-state index in [4.69, 9.17) is 0 Å². The summed E-state index contributed by atoms with van der Waals surface area (Å²) in [5.41, 5.74) is 0.488. The van der Waals surface area contributed by atoms with Gasteiger partial charge in [-0.25, -0.2) is 0 Å². The van der Waals surface area contributed by atoms with E-state index in [1.807, 2.05) is 0 Å². The van der Waals surface area contributed by atoms with Crippen LogP contribution in [-0.2, 0) is 0 Å². The van der Waals surface area contributed by atoms with Crippen molar-refractivity contribution in [2.24, 2.45) is 16.3 Å². The lowest BCUT2D eigenvalue weighted by molar-refractivity contribution is 0.383. The topological polar surface area (TPSA) is 12.4 Å². The second-order valence-corrected chi connectivity index (χ2v) is 3.56. The molecular formula is C8H15N. The van der Waals surface area contributed by atoms with Gasteiger partial charge in [0.15, 0.2) is 0 Å². The van der Waals surface area contributed by atoms with Crippen LogP contribution in [0.15, 0.2) is 4.99 Å². The second-order valence-electron chi connectivity index (χ2n) is 3.56. The van der Waals surface area contributed by atoms with Crippen LogP contribution in [0.2, 0.25) is 0 Å². The summed E-state index contributed by atoms with van der Waals surface area (Å²) >= 11 is 0. The van der Waals surface area contributed by atoms with E-state index >= 15 is 0 Å². The summed E-state index contributed by atoms with van der Waals surface area (Å²) in [6, 6.07) is 0.553. The molecule has 0 saturated heterocycles. The van der Waals surface area contributed by atoms with E-state index in [2.05, 4.69) is 32.5 Å². The Balaban J connectivity index is 2.51. The fourth-order valence-corrected chi connectivity index (χ4v) is 1.25. The van der Waals surface area contributed by atoms with E-state index in [0.717, 1.165) is 5.92 Å². The van der Waals surface area contributed by atoms with Gasteiger partial charge < -0.3 is 0 Å². The average molecular weight is 125 g/mol. The van der Waals surface area contributed by atoms with E-state index in [1.165, 1.54) is 6.42 Å². The van der Waals surface area contributed by atoms with Crippen molar-refractivity contribution in [1.82, 2.24) is 0 Å². The molecule has 0 radical (unpaired) electrons. The van der Waals surface area contributed by atoms with Gasteiger partial charge in [0, 0.05) is 0 Å². The van der Waals surface area contributed by atoms with Crippen molar-refractivity contribution in [2.45, 2.75) is 33.2 Å². The maximum Gasteiger partial charge on any atom is 0.0555 e. The van der Waals surface area contributed by atoms with Crippen molar-refractivity contribution in [2.75, 3.05) is 0 Å². The van der Waals surface area contributed by atoms with Crippen LogP contribution in [0.3, 0.4) is 0 Å². The highest BCUT2D eigenvalue weighted by molar-refractivity contribution is 5.27. The van der Waals surface area contributed by atoms with E-state index in [1.54, 1.807) is 0 Å². The number of aliphatic imine (C=N–C) groups is 1. The van der Waals surface area contributed by atoms with Crippen LogP contribution in [0.1, 0.15) is 27.2 Å². The fraction of sp³-hybridized carbons (Fsp3) is 0.875. The molecule has 1 fully saturated rings. The Labute approximate surface area is 57.2 Å². The van der Waals surface area contributed by atoms with Gasteiger partial charge in [0.25, 0.3) is 0 Å². The molecule has 0 amide bonds. The molecule has 1 nitrogen and oxygen atoms in total. The molecule has 0 N–H and O–H groups in total. The molecule has 1 rings (SSSR count). The molecule has 0 aliphatic heterocycles. The molecule has 1 heteroatoms. The van der Waals surface area contributed by atoms with Gasteiger partial charge in [-0.2, -0.15) is 0 Å². The third-order valence-electron chi connectivity index (χ3n) is 2.77. The highest BCUT2D eigenvalue weighted by Crippen LogP contribution is 2.53. The van der Waals surface area contributed by atoms with Crippen LogP contribution < -0.4 is 0 Å². The Hall–Kier alpha value is -0.330. The monoisotopic (exact) mass is 125 g/mol. The van der Waals surface area contributed by atoms with Gasteiger partial charge in [-0.15, -0.1) is 0 Å². The summed E-state index contributed by atoms with van der Waals surface area (Å²) in [6.07, 6.45) is 1.24. The predicted molar refractivity (Wildman–Crippen MR) is 40.9 cm³/mol. The SMILES string of the molecule is C=NC1CC1(C)C(C)C. The van der Waals surface area contributed by atoms with Crippen LogP contribution in [0.4, 0.5) is 0 Å². The number of rotatable bonds is 2. The van der Waals surface area contributed by atoms with Crippen molar-refractivity contribution in [3.8, 4) is 0 Å². The maximum atomic E-state index is 4.02. The van der Waals surface area contributed by atoms with Gasteiger partial charge in [-0.3, -0.25) is 4.99 Å². The van der Waals surface area contributed by atoms with Crippen molar-refractivity contribution < 1.29 is 0 Å². The lowest BCUT2D eigenvalue weighted by atomic mass is 9.94. The van der Waals surface area contributed by atoms with Crippen molar-refractivity contribution in [3.63, 3.8) is 0 Å². The fourth-order valence-electron chi connectivity index (χ4n) is 1.25. The third-order valence-corrected chi connectivity index (χ3v) is 2.77.